The average molecular weight is 215 g/mol. The lowest BCUT2D eigenvalue weighted by Crippen LogP contribution is -2.28. The zero-order valence-corrected chi connectivity index (χ0v) is 7.29. The monoisotopic (exact) mass is 215 g/mol. The van der Waals surface area contributed by atoms with Gasteiger partial charge in [-0.1, -0.05) is 0 Å². The van der Waals surface area contributed by atoms with Crippen LogP contribution in [0.2, 0.25) is 0 Å². The van der Waals surface area contributed by atoms with Gasteiger partial charge in [0.05, 0.1) is 6.10 Å². The van der Waals surface area contributed by atoms with Crippen molar-refractivity contribution >= 4 is 5.97 Å². The van der Waals surface area contributed by atoms with Crippen molar-refractivity contribution in [3.8, 4) is 0 Å². The van der Waals surface area contributed by atoms with E-state index in [1.807, 2.05) is 0 Å². The second-order valence-electron chi connectivity index (χ2n) is 2.97. The summed E-state index contributed by atoms with van der Waals surface area (Å²) in [5.74, 6) is -2.76. The molecule has 0 spiro atoms. The van der Waals surface area contributed by atoms with Gasteiger partial charge in [-0.15, -0.1) is 0 Å². The lowest BCUT2D eigenvalue weighted by Gasteiger charge is -2.04. The van der Waals surface area contributed by atoms with Crippen molar-refractivity contribution < 1.29 is 28.2 Å². The van der Waals surface area contributed by atoms with Gasteiger partial charge in [-0.3, -0.25) is 0 Å². The summed E-state index contributed by atoms with van der Waals surface area (Å²) >= 11 is 0. The summed E-state index contributed by atoms with van der Waals surface area (Å²) in [7, 11) is 0. The standard InChI is InChI=1S/C5H11NO.C2HF3O2/c6-4-2-1-3-5(4)7;3-2(4,5)1(6)7/h4-5,7H,1-3,6H2;(H,6,7)/t4-,5-;/m1./s1. The molecule has 0 saturated heterocycles. The molecule has 1 aliphatic rings. The topological polar surface area (TPSA) is 83.5 Å². The Hall–Kier alpha value is -0.820. The number of nitrogens with two attached hydrogens (primary N) is 1. The van der Waals surface area contributed by atoms with E-state index in [9.17, 15) is 13.2 Å². The summed E-state index contributed by atoms with van der Waals surface area (Å²) in [5.41, 5.74) is 5.43. The molecule has 1 saturated carbocycles. The third-order valence-electron chi connectivity index (χ3n) is 1.77. The molecule has 0 radical (unpaired) electrons. The van der Waals surface area contributed by atoms with Crippen molar-refractivity contribution in [1.82, 2.24) is 0 Å². The quantitative estimate of drug-likeness (QED) is 0.549. The number of alkyl halides is 3. The molecular formula is C7H12F3NO3. The molecule has 0 heterocycles. The van der Waals surface area contributed by atoms with Crippen molar-refractivity contribution in [3.05, 3.63) is 0 Å². The van der Waals surface area contributed by atoms with Crippen LogP contribution in [-0.2, 0) is 4.79 Å². The number of carboxylic acid groups (broad SMARTS) is 1. The second kappa shape index (κ2) is 5.16. The van der Waals surface area contributed by atoms with Crippen LogP contribution < -0.4 is 5.73 Å². The first-order chi connectivity index (χ1) is 6.25. The molecule has 7 heteroatoms. The maximum absolute atomic E-state index is 10.6. The predicted molar refractivity (Wildman–Crippen MR) is 41.5 cm³/mol. The first-order valence-corrected chi connectivity index (χ1v) is 3.99. The van der Waals surface area contributed by atoms with Crippen molar-refractivity contribution in [3.63, 3.8) is 0 Å². The summed E-state index contributed by atoms with van der Waals surface area (Å²) in [6, 6.07) is 0.0694. The van der Waals surface area contributed by atoms with Gasteiger partial charge >= 0.3 is 12.1 Å². The van der Waals surface area contributed by atoms with Gasteiger partial charge in [0, 0.05) is 6.04 Å². The molecule has 0 unspecified atom stereocenters. The maximum Gasteiger partial charge on any atom is 0.490 e. The number of halogens is 3. The van der Waals surface area contributed by atoms with Crippen LogP contribution in [-0.4, -0.2) is 34.5 Å². The number of aliphatic hydroxyl groups is 1. The summed E-state index contributed by atoms with van der Waals surface area (Å²) in [6.45, 7) is 0. The zero-order valence-electron chi connectivity index (χ0n) is 7.29. The molecule has 0 aliphatic heterocycles. The van der Waals surface area contributed by atoms with E-state index in [1.54, 1.807) is 0 Å². The minimum atomic E-state index is -5.08. The molecule has 84 valence electrons. The van der Waals surface area contributed by atoms with Gasteiger partial charge in [0.2, 0.25) is 0 Å². The number of aliphatic hydroxyl groups excluding tert-OH is 1. The van der Waals surface area contributed by atoms with Crippen LogP contribution in [0.1, 0.15) is 19.3 Å². The van der Waals surface area contributed by atoms with Gasteiger partial charge < -0.3 is 15.9 Å². The van der Waals surface area contributed by atoms with Crippen LogP contribution in [0.25, 0.3) is 0 Å². The number of hydrogen-bond donors (Lipinski definition) is 3. The minimum absolute atomic E-state index is 0.0694. The van der Waals surface area contributed by atoms with E-state index >= 15 is 0 Å². The van der Waals surface area contributed by atoms with Crippen LogP contribution in [0.3, 0.4) is 0 Å². The van der Waals surface area contributed by atoms with Gasteiger partial charge in [-0.2, -0.15) is 13.2 Å². The van der Waals surface area contributed by atoms with Crippen LogP contribution in [0.5, 0.6) is 0 Å². The van der Waals surface area contributed by atoms with E-state index in [0.29, 0.717) is 0 Å². The molecule has 1 fully saturated rings. The minimum Gasteiger partial charge on any atom is -0.475 e. The van der Waals surface area contributed by atoms with Gasteiger partial charge in [0.15, 0.2) is 0 Å². The maximum atomic E-state index is 10.6. The van der Waals surface area contributed by atoms with Gasteiger partial charge in [-0.25, -0.2) is 4.79 Å². The molecule has 0 amide bonds. The van der Waals surface area contributed by atoms with Crippen molar-refractivity contribution in [2.45, 2.75) is 37.6 Å². The Balaban J connectivity index is 0.000000241. The molecule has 0 aromatic rings. The van der Waals surface area contributed by atoms with Crippen LogP contribution in [0.4, 0.5) is 13.2 Å². The van der Waals surface area contributed by atoms with E-state index in [0.717, 1.165) is 19.3 Å². The molecule has 0 aromatic carbocycles. The smallest absolute Gasteiger partial charge is 0.475 e. The predicted octanol–water partition coefficient (Wildman–Crippen LogP) is 0.492. The Morgan fingerprint density at radius 3 is 1.86 bits per heavy atom. The molecule has 1 rings (SSSR count). The number of rotatable bonds is 0. The Morgan fingerprint density at radius 1 is 1.36 bits per heavy atom. The number of carboxylic acids is 1. The Bertz CT molecular complexity index is 187. The SMILES string of the molecule is N[C@@H]1CCC[C@H]1O.O=C(O)C(F)(F)F. The van der Waals surface area contributed by atoms with Crippen molar-refractivity contribution in [2.24, 2.45) is 5.73 Å². The van der Waals surface area contributed by atoms with Gasteiger partial charge in [0.25, 0.3) is 0 Å². The Morgan fingerprint density at radius 2 is 1.79 bits per heavy atom. The largest absolute Gasteiger partial charge is 0.490 e. The molecule has 2 atom stereocenters. The molecular weight excluding hydrogens is 203 g/mol. The van der Waals surface area contributed by atoms with E-state index in [2.05, 4.69) is 0 Å². The normalized spacial score (nSPS) is 26.6. The molecule has 1 aliphatic carbocycles. The molecule has 14 heavy (non-hydrogen) atoms. The van der Waals surface area contributed by atoms with Crippen molar-refractivity contribution in [1.29, 1.82) is 0 Å². The molecule has 0 bridgehead atoms. The number of hydrogen-bond acceptors (Lipinski definition) is 3. The number of carbonyl (C=O) groups is 1. The average Bonchev–Trinajstić information content (AvgIpc) is 2.35. The first-order valence-electron chi connectivity index (χ1n) is 3.99. The third kappa shape index (κ3) is 5.03. The van der Waals surface area contributed by atoms with E-state index in [-0.39, 0.29) is 12.1 Å². The summed E-state index contributed by atoms with van der Waals surface area (Å²) in [4.78, 5) is 8.90. The van der Waals surface area contributed by atoms with E-state index in [1.165, 1.54) is 0 Å². The third-order valence-corrected chi connectivity index (χ3v) is 1.77. The van der Waals surface area contributed by atoms with Gasteiger partial charge in [-0.05, 0) is 19.3 Å². The molecule has 4 nitrogen and oxygen atoms in total. The zero-order chi connectivity index (χ0) is 11.4. The summed E-state index contributed by atoms with van der Waals surface area (Å²) in [6.07, 6.45) is -2.29. The van der Waals surface area contributed by atoms with Crippen LogP contribution >= 0.6 is 0 Å². The molecule has 0 aromatic heterocycles. The molecule has 4 N–H and O–H groups in total. The van der Waals surface area contributed by atoms with E-state index in [4.69, 9.17) is 20.7 Å². The lowest BCUT2D eigenvalue weighted by molar-refractivity contribution is -0.192. The highest BCUT2D eigenvalue weighted by Gasteiger charge is 2.38. The van der Waals surface area contributed by atoms with Crippen LogP contribution in [0.15, 0.2) is 0 Å². The highest BCUT2D eigenvalue weighted by molar-refractivity contribution is 5.73. The van der Waals surface area contributed by atoms with Gasteiger partial charge in [0.1, 0.15) is 0 Å². The highest BCUT2D eigenvalue weighted by Crippen LogP contribution is 2.15. The first kappa shape index (κ1) is 13.2. The highest BCUT2D eigenvalue weighted by atomic mass is 19.4. The Labute approximate surface area is 78.5 Å². The Kier molecular flexibility index (Phi) is 4.86. The summed E-state index contributed by atoms with van der Waals surface area (Å²) < 4.78 is 31.7. The fourth-order valence-corrected chi connectivity index (χ4v) is 0.969. The fourth-order valence-electron chi connectivity index (χ4n) is 0.969. The van der Waals surface area contributed by atoms with E-state index < -0.39 is 12.1 Å². The fraction of sp³-hybridized carbons (Fsp3) is 0.857. The van der Waals surface area contributed by atoms with Crippen molar-refractivity contribution in [2.75, 3.05) is 0 Å². The number of aliphatic carboxylic acids is 1. The lowest BCUT2D eigenvalue weighted by atomic mass is 10.2. The summed E-state index contributed by atoms with van der Waals surface area (Å²) in [5, 5.41) is 16.0. The van der Waals surface area contributed by atoms with Crippen LogP contribution in [0, 0.1) is 0 Å². The second-order valence-corrected chi connectivity index (χ2v) is 2.97.